The van der Waals surface area contributed by atoms with Gasteiger partial charge in [0.25, 0.3) is 11.8 Å². The maximum atomic E-state index is 13.5. The minimum Gasteiger partial charge on any atom is -0.465 e. The molecule has 9 heteroatoms. The van der Waals surface area contributed by atoms with Gasteiger partial charge in [-0.2, -0.15) is 0 Å². The minimum atomic E-state index is -0.778. The lowest BCUT2D eigenvalue weighted by Gasteiger charge is -2.27. The molecular formula is C29H29N3O5S. The molecule has 3 aromatic rings. The van der Waals surface area contributed by atoms with Crippen LogP contribution < -0.4 is 10.2 Å². The number of hydrogen-bond donors (Lipinski definition) is 1. The average molecular weight is 532 g/mol. The van der Waals surface area contributed by atoms with E-state index in [0.717, 1.165) is 63.7 Å². The van der Waals surface area contributed by atoms with Crippen LogP contribution in [0.1, 0.15) is 61.7 Å². The Balaban J connectivity index is 1.60. The SMILES string of the molecule is COC(=O)c1c(-n2c(C)cc(/C=C3\C(=O)NC(=O)N(c4cc(C)cc(C)c4)C3=O)c2C)sc2c1CCCC2. The van der Waals surface area contributed by atoms with E-state index >= 15 is 0 Å². The largest absolute Gasteiger partial charge is 0.465 e. The summed E-state index contributed by atoms with van der Waals surface area (Å²) < 4.78 is 7.13. The Kier molecular flexibility index (Phi) is 6.56. The van der Waals surface area contributed by atoms with Gasteiger partial charge in [-0.1, -0.05) is 6.07 Å². The van der Waals surface area contributed by atoms with Gasteiger partial charge in [0.1, 0.15) is 10.6 Å². The zero-order valence-electron chi connectivity index (χ0n) is 22.1. The number of carbonyl (C=O) groups excluding carboxylic acids is 4. The minimum absolute atomic E-state index is 0.136. The summed E-state index contributed by atoms with van der Waals surface area (Å²) in [6.07, 6.45) is 5.40. The molecular weight excluding hydrogens is 502 g/mol. The number of carbonyl (C=O) groups is 4. The predicted octanol–water partition coefficient (Wildman–Crippen LogP) is 5.10. The van der Waals surface area contributed by atoms with Gasteiger partial charge in [0.05, 0.1) is 18.4 Å². The van der Waals surface area contributed by atoms with Gasteiger partial charge in [-0.25, -0.2) is 14.5 Å². The zero-order valence-corrected chi connectivity index (χ0v) is 22.9. The van der Waals surface area contributed by atoms with Crippen molar-refractivity contribution in [1.29, 1.82) is 0 Å². The number of hydrogen-bond acceptors (Lipinski definition) is 6. The zero-order chi connectivity index (χ0) is 27.3. The highest BCUT2D eigenvalue weighted by molar-refractivity contribution is 7.15. The topological polar surface area (TPSA) is 97.7 Å². The molecule has 5 rings (SSSR count). The van der Waals surface area contributed by atoms with E-state index in [9.17, 15) is 19.2 Å². The number of aryl methyl sites for hydroxylation is 4. The molecule has 4 amide bonds. The first-order valence-electron chi connectivity index (χ1n) is 12.5. The number of methoxy groups -OCH3 is 1. The highest BCUT2D eigenvalue weighted by Gasteiger charge is 2.37. The molecule has 2 aromatic heterocycles. The van der Waals surface area contributed by atoms with E-state index in [2.05, 4.69) is 5.32 Å². The number of thiophene rings is 1. The smallest absolute Gasteiger partial charge is 0.341 e. The first kappa shape index (κ1) is 25.7. The van der Waals surface area contributed by atoms with Crippen LogP contribution in [-0.4, -0.2) is 35.5 Å². The first-order chi connectivity index (χ1) is 18.1. The van der Waals surface area contributed by atoms with Crippen molar-refractivity contribution in [3.63, 3.8) is 0 Å². The van der Waals surface area contributed by atoms with E-state index in [-0.39, 0.29) is 11.5 Å². The van der Waals surface area contributed by atoms with Crippen LogP contribution in [0.4, 0.5) is 10.5 Å². The van der Waals surface area contributed by atoms with Crippen molar-refractivity contribution in [3.8, 4) is 5.00 Å². The summed E-state index contributed by atoms with van der Waals surface area (Å²) in [5, 5.41) is 3.08. The van der Waals surface area contributed by atoms with E-state index in [0.29, 0.717) is 16.8 Å². The van der Waals surface area contributed by atoms with Gasteiger partial charge in [0, 0.05) is 16.3 Å². The Labute approximate surface area is 224 Å². The number of nitrogens with one attached hydrogen (secondary N) is 1. The van der Waals surface area contributed by atoms with Crippen LogP contribution in [0.3, 0.4) is 0 Å². The second kappa shape index (κ2) is 9.72. The summed E-state index contributed by atoms with van der Waals surface area (Å²) in [4.78, 5) is 54.0. The van der Waals surface area contributed by atoms with Crippen molar-refractivity contribution in [1.82, 2.24) is 9.88 Å². The maximum Gasteiger partial charge on any atom is 0.341 e. The number of fused-ring (bicyclic) bond motifs is 1. The van der Waals surface area contributed by atoms with Gasteiger partial charge in [-0.15, -0.1) is 11.3 Å². The molecule has 1 N–H and O–H groups in total. The molecule has 0 spiro atoms. The van der Waals surface area contributed by atoms with E-state index in [1.165, 1.54) is 18.1 Å². The van der Waals surface area contributed by atoms with Crippen molar-refractivity contribution >= 4 is 46.9 Å². The molecule has 0 atom stereocenters. The van der Waals surface area contributed by atoms with Gasteiger partial charge >= 0.3 is 12.0 Å². The molecule has 1 aromatic carbocycles. The number of amides is 4. The molecule has 38 heavy (non-hydrogen) atoms. The third-order valence-corrected chi connectivity index (χ3v) is 8.36. The number of ether oxygens (including phenoxy) is 1. The molecule has 0 saturated carbocycles. The van der Waals surface area contributed by atoms with Gasteiger partial charge in [-0.05, 0) is 99.9 Å². The number of imide groups is 2. The van der Waals surface area contributed by atoms with E-state index < -0.39 is 17.8 Å². The molecule has 1 aliphatic carbocycles. The summed E-state index contributed by atoms with van der Waals surface area (Å²) in [6.45, 7) is 7.56. The van der Waals surface area contributed by atoms with Crippen molar-refractivity contribution in [3.05, 3.63) is 73.9 Å². The van der Waals surface area contributed by atoms with Crippen LogP contribution in [0.2, 0.25) is 0 Å². The Morgan fingerprint density at radius 3 is 2.37 bits per heavy atom. The monoisotopic (exact) mass is 531 g/mol. The molecule has 1 aliphatic heterocycles. The predicted molar refractivity (Wildman–Crippen MR) is 146 cm³/mol. The van der Waals surface area contributed by atoms with Gasteiger partial charge in [0.2, 0.25) is 0 Å². The van der Waals surface area contributed by atoms with Crippen molar-refractivity contribution in [2.45, 2.75) is 53.4 Å². The van der Waals surface area contributed by atoms with E-state index in [1.807, 2.05) is 44.4 Å². The van der Waals surface area contributed by atoms with Crippen molar-refractivity contribution < 1.29 is 23.9 Å². The molecule has 0 unspecified atom stereocenters. The highest BCUT2D eigenvalue weighted by Crippen LogP contribution is 2.39. The number of aromatic nitrogens is 1. The molecule has 8 nitrogen and oxygen atoms in total. The van der Waals surface area contributed by atoms with Crippen molar-refractivity contribution in [2.24, 2.45) is 0 Å². The van der Waals surface area contributed by atoms with Crippen LogP contribution >= 0.6 is 11.3 Å². The third kappa shape index (κ3) is 4.26. The fourth-order valence-electron chi connectivity index (χ4n) is 5.39. The fraction of sp³-hybridized carbons (Fsp3) is 0.310. The van der Waals surface area contributed by atoms with Crippen LogP contribution in [0.5, 0.6) is 0 Å². The molecule has 2 aliphatic rings. The molecule has 3 heterocycles. The molecule has 196 valence electrons. The van der Waals surface area contributed by atoms with Gasteiger partial charge in [0.15, 0.2) is 0 Å². The fourth-order valence-corrected chi connectivity index (χ4v) is 6.88. The summed E-state index contributed by atoms with van der Waals surface area (Å²) in [6, 6.07) is 6.50. The quantitative estimate of drug-likeness (QED) is 0.287. The summed E-state index contributed by atoms with van der Waals surface area (Å²) >= 11 is 1.59. The summed E-state index contributed by atoms with van der Waals surface area (Å²) in [5.74, 6) is -1.79. The molecule has 1 saturated heterocycles. The lowest BCUT2D eigenvalue weighted by molar-refractivity contribution is -0.122. The number of barbiturate groups is 1. The average Bonchev–Trinajstić information content (AvgIpc) is 3.36. The standard InChI is InChI=1S/C29H29N3O5S/c1-15-10-16(2)12-20(11-15)32-26(34)22(25(33)30-29(32)36)14-19-13-17(3)31(18(19)4)27-24(28(35)37-5)21-8-6-7-9-23(21)38-27/h10-14H,6-9H2,1-5H3,(H,30,33,36)/b22-14+. The van der Waals surface area contributed by atoms with Crippen LogP contribution in [-0.2, 0) is 27.2 Å². The normalized spacial score (nSPS) is 16.6. The molecule has 0 radical (unpaired) electrons. The van der Waals surface area contributed by atoms with Gasteiger partial charge in [-0.3, -0.25) is 14.9 Å². The Morgan fingerprint density at radius 2 is 1.68 bits per heavy atom. The number of anilines is 1. The van der Waals surface area contributed by atoms with E-state index in [1.54, 1.807) is 23.5 Å². The number of rotatable bonds is 4. The van der Waals surface area contributed by atoms with Gasteiger partial charge < -0.3 is 9.30 Å². The Bertz CT molecular complexity index is 1540. The lowest BCUT2D eigenvalue weighted by atomic mass is 9.95. The summed E-state index contributed by atoms with van der Waals surface area (Å²) in [7, 11) is 1.39. The highest BCUT2D eigenvalue weighted by atomic mass is 32.1. The second-order valence-electron chi connectivity index (χ2n) is 9.85. The first-order valence-corrected chi connectivity index (χ1v) is 13.3. The Morgan fingerprint density at radius 1 is 1.00 bits per heavy atom. The number of esters is 1. The van der Waals surface area contributed by atoms with E-state index in [4.69, 9.17) is 4.74 Å². The maximum absolute atomic E-state index is 13.5. The summed E-state index contributed by atoms with van der Waals surface area (Å²) in [5.41, 5.74) is 5.98. The molecule has 0 bridgehead atoms. The van der Waals surface area contributed by atoms with Crippen LogP contribution in [0, 0.1) is 27.7 Å². The van der Waals surface area contributed by atoms with Crippen LogP contribution in [0.15, 0.2) is 29.8 Å². The number of nitrogens with zero attached hydrogens (tertiary/aromatic N) is 2. The van der Waals surface area contributed by atoms with Crippen LogP contribution in [0.25, 0.3) is 11.1 Å². The molecule has 1 fully saturated rings. The number of benzene rings is 1. The second-order valence-corrected chi connectivity index (χ2v) is 10.9. The van der Waals surface area contributed by atoms with Crippen molar-refractivity contribution in [2.75, 3.05) is 12.0 Å². The number of urea groups is 1. The lowest BCUT2D eigenvalue weighted by Crippen LogP contribution is -2.54. The third-order valence-electron chi connectivity index (χ3n) is 7.08. The Hall–Kier alpha value is -3.98.